The van der Waals surface area contributed by atoms with Crippen LogP contribution in [0.2, 0.25) is 0 Å². The van der Waals surface area contributed by atoms with Crippen molar-refractivity contribution in [3.05, 3.63) is 0 Å². The fraction of sp³-hybridized carbons (Fsp3) is 0.917. The highest BCUT2D eigenvalue weighted by molar-refractivity contribution is 5.75. The molecule has 0 saturated carbocycles. The zero-order valence-electron chi connectivity index (χ0n) is 9.98. The normalized spacial score (nSPS) is 34.0. The number of hydrogen-bond acceptors (Lipinski definition) is 3. The third kappa shape index (κ3) is 2.55. The zero-order chi connectivity index (χ0) is 11.5. The summed E-state index contributed by atoms with van der Waals surface area (Å²) in [4.78, 5) is 13.6. The van der Waals surface area contributed by atoms with Crippen LogP contribution in [0.25, 0.3) is 0 Å². The molecule has 0 aromatic heterocycles. The van der Waals surface area contributed by atoms with Crippen LogP contribution < -0.4 is 5.32 Å². The molecule has 2 N–H and O–H groups in total. The molecule has 2 fully saturated rings. The Balaban J connectivity index is 1.76. The summed E-state index contributed by atoms with van der Waals surface area (Å²) >= 11 is 0. The van der Waals surface area contributed by atoms with Crippen molar-refractivity contribution in [3.8, 4) is 0 Å². The lowest BCUT2D eigenvalue weighted by Crippen LogP contribution is -2.45. The second kappa shape index (κ2) is 5.15. The van der Waals surface area contributed by atoms with E-state index in [0.29, 0.717) is 18.5 Å². The Hall–Kier alpha value is -0.610. The first-order valence-corrected chi connectivity index (χ1v) is 6.35. The molecule has 1 amide bonds. The molecule has 2 saturated heterocycles. The van der Waals surface area contributed by atoms with E-state index in [4.69, 9.17) is 0 Å². The second-order valence-electron chi connectivity index (χ2n) is 5.02. The number of nitrogens with one attached hydrogen (secondary N) is 1. The number of nitrogens with zero attached hydrogens (tertiary/aromatic N) is 1. The summed E-state index contributed by atoms with van der Waals surface area (Å²) in [5.74, 6) is 0.129. The third-order valence-electron chi connectivity index (χ3n) is 3.96. The van der Waals surface area contributed by atoms with Crippen molar-refractivity contribution in [1.82, 2.24) is 10.2 Å². The van der Waals surface area contributed by atoms with Crippen LogP contribution in [0.3, 0.4) is 0 Å². The molecule has 0 radical (unpaired) electrons. The molecule has 2 aliphatic heterocycles. The summed E-state index contributed by atoms with van der Waals surface area (Å²) in [6.07, 6.45) is 5.77. The SMILES string of the molecule is CNC(=O)CCCN1C2CCC1CC(O)C2. The number of fused-ring (bicyclic) bond motifs is 2. The van der Waals surface area contributed by atoms with Gasteiger partial charge in [0.25, 0.3) is 0 Å². The van der Waals surface area contributed by atoms with Gasteiger partial charge >= 0.3 is 0 Å². The lowest BCUT2D eigenvalue weighted by atomic mass is 9.99. The Kier molecular flexibility index (Phi) is 3.82. The molecule has 0 spiro atoms. The Bertz CT molecular complexity index is 243. The highest BCUT2D eigenvalue weighted by atomic mass is 16.3. The number of amides is 1. The van der Waals surface area contributed by atoms with Gasteiger partial charge in [-0.1, -0.05) is 0 Å². The quantitative estimate of drug-likeness (QED) is 0.734. The molecule has 0 aliphatic carbocycles. The Morgan fingerprint density at radius 3 is 2.56 bits per heavy atom. The maximum atomic E-state index is 11.1. The first-order chi connectivity index (χ1) is 7.70. The average molecular weight is 226 g/mol. The lowest BCUT2D eigenvalue weighted by Gasteiger charge is -2.37. The minimum Gasteiger partial charge on any atom is -0.393 e. The van der Waals surface area contributed by atoms with E-state index in [1.165, 1.54) is 12.8 Å². The summed E-state index contributed by atoms with van der Waals surface area (Å²) in [6.45, 7) is 1.01. The fourth-order valence-corrected chi connectivity index (χ4v) is 3.16. The Morgan fingerprint density at radius 1 is 1.38 bits per heavy atom. The molecule has 4 nitrogen and oxygen atoms in total. The van der Waals surface area contributed by atoms with E-state index in [2.05, 4.69) is 10.2 Å². The number of aliphatic hydroxyl groups excluding tert-OH is 1. The van der Waals surface area contributed by atoms with Gasteiger partial charge in [0.2, 0.25) is 5.91 Å². The van der Waals surface area contributed by atoms with Gasteiger partial charge in [-0.15, -0.1) is 0 Å². The van der Waals surface area contributed by atoms with Crippen LogP contribution in [0.5, 0.6) is 0 Å². The maximum absolute atomic E-state index is 11.1. The molecule has 16 heavy (non-hydrogen) atoms. The van der Waals surface area contributed by atoms with Gasteiger partial charge in [0, 0.05) is 25.6 Å². The molecule has 2 aliphatic rings. The summed E-state index contributed by atoms with van der Waals surface area (Å²) in [6, 6.07) is 1.14. The van der Waals surface area contributed by atoms with Crippen molar-refractivity contribution in [1.29, 1.82) is 0 Å². The van der Waals surface area contributed by atoms with Gasteiger partial charge in [0.15, 0.2) is 0 Å². The molecule has 2 bridgehead atoms. The van der Waals surface area contributed by atoms with Crippen LogP contribution in [0, 0.1) is 0 Å². The zero-order valence-corrected chi connectivity index (χ0v) is 9.98. The van der Waals surface area contributed by atoms with Crippen LogP contribution in [0.4, 0.5) is 0 Å². The maximum Gasteiger partial charge on any atom is 0.219 e. The van der Waals surface area contributed by atoms with Crippen molar-refractivity contribution in [2.75, 3.05) is 13.6 Å². The number of carbonyl (C=O) groups is 1. The second-order valence-corrected chi connectivity index (χ2v) is 5.02. The van der Waals surface area contributed by atoms with Gasteiger partial charge in [-0.05, 0) is 38.6 Å². The van der Waals surface area contributed by atoms with Gasteiger partial charge in [0.05, 0.1) is 6.10 Å². The molecule has 2 rings (SSSR count). The number of carbonyl (C=O) groups excluding carboxylic acids is 1. The van der Waals surface area contributed by atoms with Crippen LogP contribution in [-0.2, 0) is 4.79 Å². The van der Waals surface area contributed by atoms with Crippen LogP contribution in [0.1, 0.15) is 38.5 Å². The molecule has 0 aromatic rings. The molecule has 2 unspecified atom stereocenters. The van der Waals surface area contributed by atoms with Crippen molar-refractivity contribution in [2.24, 2.45) is 0 Å². The average Bonchev–Trinajstić information content (AvgIpc) is 2.51. The van der Waals surface area contributed by atoms with Crippen LogP contribution in [-0.4, -0.2) is 47.7 Å². The highest BCUT2D eigenvalue weighted by Crippen LogP contribution is 2.35. The molecular weight excluding hydrogens is 204 g/mol. The van der Waals surface area contributed by atoms with Gasteiger partial charge in [-0.25, -0.2) is 0 Å². The van der Waals surface area contributed by atoms with E-state index in [1.807, 2.05) is 0 Å². The first kappa shape index (κ1) is 11.9. The summed E-state index contributed by atoms with van der Waals surface area (Å²) in [5, 5.41) is 12.3. The standard InChI is InChI=1S/C12H22N2O2/c1-13-12(16)3-2-6-14-9-4-5-10(14)8-11(15)7-9/h9-11,15H,2-8H2,1H3,(H,13,16). The molecule has 92 valence electrons. The number of aliphatic hydroxyl groups is 1. The minimum absolute atomic E-state index is 0.0901. The van der Waals surface area contributed by atoms with Crippen LogP contribution >= 0.6 is 0 Å². The first-order valence-electron chi connectivity index (χ1n) is 6.35. The van der Waals surface area contributed by atoms with Gasteiger partial charge in [0.1, 0.15) is 0 Å². The molecule has 2 atom stereocenters. The predicted octanol–water partition coefficient (Wildman–Crippen LogP) is 0.500. The van der Waals surface area contributed by atoms with Crippen LogP contribution in [0.15, 0.2) is 0 Å². The highest BCUT2D eigenvalue weighted by Gasteiger charge is 2.39. The van der Waals surface area contributed by atoms with Crippen molar-refractivity contribution < 1.29 is 9.90 Å². The van der Waals surface area contributed by atoms with E-state index in [9.17, 15) is 9.90 Å². The summed E-state index contributed by atoms with van der Waals surface area (Å²) in [5.41, 5.74) is 0. The topological polar surface area (TPSA) is 52.6 Å². The van der Waals surface area contributed by atoms with E-state index < -0.39 is 0 Å². The van der Waals surface area contributed by atoms with E-state index >= 15 is 0 Å². The Morgan fingerprint density at radius 2 is 2.00 bits per heavy atom. The van der Waals surface area contributed by atoms with E-state index in [0.717, 1.165) is 25.8 Å². The molecule has 4 heteroatoms. The van der Waals surface area contributed by atoms with Crippen molar-refractivity contribution >= 4 is 5.91 Å². The van der Waals surface area contributed by atoms with Crippen molar-refractivity contribution in [2.45, 2.75) is 56.7 Å². The van der Waals surface area contributed by atoms with E-state index in [-0.39, 0.29) is 12.0 Å². The Labute approximate surface area is 97.0 Å². The summed E-state index contributed by atoms with van der Waals surface area (Å²) in [7, 11) is 1.68. The molecular formula is C12H22N2O2. The van der Waals surface area contributed by atoms with Gasteiger partial charge in [-0.2, -0.15) is 0 Å². The largest absolute Gasteiger partial charge is 0.393 e. The monoisotopic (exact) mass is 226 g/mol. The van der Waals surface area contributed by atoms with Gasteiger partial charge < -0.3 is 10.4 Å². The summed E-state index contributed by atoms with van der Waals surface area (Å²) < 4.78 is 0. The fourth-order valence-electron chi connectivity index (χ4n) is 3.16. The lowest BCUT2D eigenvalue weighted by molar-refractivity contribution is -0.120. The number of rotatable bonds is 4. The number of piperidine rings is 1. The third-order valence-corrected chi connectivity index (χ3v) is 3.96. The molecule has 0 aromatic carbocycles. The predicted molar refractivity (Wildman–Crippen MR) is 62.1 cm³/mol. The van der Waals surface area contributed by atoms with E-state index in [1.54, 1.807) is 7.05 Å². The van der Waals surface area contributed by atoms with Crippen molar-refractivity contribution in [3.63, 3.8) is 0 Å². The molecule has 2 heterocycles. The smallest absolute Gasteiger partial charge is 0.219 e. The van der Waals surface area contributed by atoms with Gasteiger partial charge in [-0.3, -0.25) is 9.69 Å². The minimum atomic E-state index is -0.0901. The number of hydrogen-bond donors (Lipinski definition) is 2.